The van der Waals surface area contributed by atoms with Gasteiger partial charge in [0.25, 0.3) is 0 Å². The van der Waals surface area contributed by atoms with Crippen molar-refractivity contribution in [2.45, 2.75) is 37.5 Å². The van der Waals surface area contributed by atoms with E-state index in [9.17, 15) is 5.11 Å². The van der Waals surface area contributed by atoms with Gasteiger partial charge in [0.05, 0.1) is 18.8 Å². The summed E-state index contributed by atoms with van der Waals surface area (Å²) in [6.45, 7) is 2.77. The molecule has 1 aromatic heterocycles. The molecule has 19 heavy (non-hydrogen) atoms. The van der Waals surface area contributed by atoms with Crippen molar-refractivity contribution in [3.63, 3.8) is 0 Å². The second kappa shape index (κ2) is 5.87. The molecule has 4 nitrogen and oxygen atoms in total. The van der Waals surface area contributed by atoms with Gasteiger partial charge in [-0.1, -0.05) is 0 Å². The summed E-state index contributed by atoms with van der Waals surface area (Å²) in [4.78, 5) is 6.58. The maximum atomic E-state index is 10.3. The van der Waals surface area contributed by atoms with Gasteiger partial charge in [0, 0.05) is 35.9 Å². The second-order valence-corrected chi connectivity index (χ2v) is 6.36. The van der Waals surface area contributed by atoms with Crippen LogP contribution in [0.2, 0.25) is 0 Å². The Morgan fingerprint density at radius 1 is 1.53 bits per heavy atom. The zero-order valence-corrected chi connectivity index (χ0v) is 12.4. The highest BCUT2D eigenvalue weighted by molar-refractivity contribution is 9.10. The Bertz CT molecular complexity index is 443. The largest absolute Gasteiger partial charge is 0.390 e. The van der Waals surface area contributed by atoms with Crippen molar-refractivity contribution < 1.29 is 9.84 Å². The van der Waals surface area contributed by atoms with Crippen molar-refractivity contribution in [1.82, 2.24) is 9.88 Å². The van der Waals surface area contributed by atoms with E-state index in [4.69, 9.17) is 4.74 Å². The van der Waals surface area contributed by atoms with Crippen LogP contribution in [0, 0.1) is 0 Å². The second-order valence-electron chi connectivity index (χ2n) is 5.45. The number of ether oxygens (including phenoxy) is 1. The van der Waals surface area contributed by atoms with Crippen LogP contribution in [0.25, 0.3) is 0 Å². The standard InChI is InChI=1S/C14H19BrN2O2/c15-11-4-10(6-16-7-11)5-13(18)14-8-17-3-1-2-12(17)9-19-14/h4,6-7,12-14,18H,1-3,5,8-9H2. The smallest absolute Gasteiger partial charge is 0.0964 e. The zero-order chi connectivity index (χ0) is 13.2. The lowest BCUT2D eigenvalue weighted by atomic mass is 10.0. The predicted molar refractivity (Wildman–Crippen MR) is 76.0 cm³/mol. The summed E-state index contributed by atoms with van der Waals surface area (Å²) >= 11 is 3.40. The van der Waals surface area contributed by atoms with Gasteiger partial charge in [-0.2, -0.15) is 0 Å². The Hall–Kier alpha value is -0.490. The van der Waals surface area contributed by atoms with Crippen LogP contribution >= 0.6 is 15.9 Å². The summed E-state index contributed by atoms with van der Waals surface area (Å²) in [6.07, 6.45) is 6.10. The minimum absolute atomic E-state index is 0.0756. The first-order valence-electron chi connectivity index (χ1n) is 6.85. The highest BCUT2D eigenvalue weighted by atomic mass is 79.9. The van der Waals surface area contributed by atoms with E-state index in [-0.39, 0.29) is 6.10 Å². The maximum Gasteiger partial charge on any atom is 0.0964 e. The quantitative estimate of drug-likeness (QED) is 0.916. The molecule has 2 saturated heterocycles. The molecule has 0 radical (unpaired) electrons. The molecule has 3 atom stereocenters. The molecule has 1 aromatic rings. The monoisotopic (exact) mass is 326 g/mol. The van der Waals surface area contributed by atoms with Crippen LogP contribution in [0.15, 0.2) is 22.9 Å². The predicted octanol–water partition coefficient (Wildman–Crippen LogP) is 1.61. The lowest BCUT2D eigenvalue weighted by molar-refractivity contribution is -0.101. The summed E-state index contributed by atoms with van der Waals surface area (Å²) in [5.41, 5.74) is 1.04. The van der Waals surface area contributed by atoms with Gasteiger partial charge >= 0.3 is 0 Å². The average Bonchev–Trinajstić information content (AvgIpc) is 2.85. The van der Waals surface area contributed by atoms with Gasteiger partial charge in [-0.15, -0.1) is 0 Å². The number of morpholine rings is 1. The molecule has 104 valence electrons. The molecule has 1 N–H and O–H groups in total. The van der Waals surface area contributed by atoms with E-state index in [1.807, 2.05) is 6.07 Å². The van der Waals surface area contributed by atoms with Crippen molar-refractivity contribution in [3.8, 4) is 0 Å². The molecule has 0 spiro atoms. The van der Waals surface area contributed by atoms with Crippen LogP contribution in [-0.4, -0.2) is 52.9 Å². The highest BCUT2D eigenvalue weighted by Gasteiger charge is 2.35. The van der Waals surface area contributed by atoms with E-state index in [0.717, 1.165) is 29.7 Å². The Morgan fingerprint density at radius 2 is 2.42 bits per heavy atom. The fraction of sp³-hybridized carbons (Fsp3) is 0.643. The van der Waals surface area contributed by atoms with E-state index in [0.29, 0.717) is 12.5 Å². The number of hydrogen-bond acceptors (Lipinski definition) is 4. The first-order chi connectivity index (χ1) is 9.22. The number of hydrogen-bond donors (Lipinski definition) is 1. The van der Waals surface area contributed by atoms with Crippen molar-refractivity contribution >= 4 is 15.9 Å². The van der Waals surface area contributed by atoms with Gasteiger partial charge in [-0.05, 0) is 46.9 Å². The van der Waals surface area contributed by atoms with Crippen molar-refractivity contribution in [3.05, 3.63) is 28.5 Å². The number of fused-ring (bicyclic) bond motifs is 1. The summed E-state index contributed by atoms with van der Waals surface area (Å²) in [5.74, 6) is 0. The molecule has 2 aliphatic heterocycles. The summed E-state index contributed by atoms with van der Waals surface area (Å²) in [7, 11) is 0. The van der Waals surface area contributed by atoms with Crippen LogP contribution in [-0.2, 0) is 11.2 Å². The molecule has 5 heteroatoms. The van der Waals surface area contributed by atoms with Crippen LogP contribution < -0.4 is 0 Å². The molecular formula is C14H19BrN2O2. The van der Waals surface area contributed by atoms with Crippen LogP contribution in [0.5, 0.6) is 0 Å². The Labute approximate surface area is 121 Å². The fourth-order valence-electron chi connectivity index (χ4n) is 3.02. The van der Waals surface area contributed by atoms with E-state index in [2.05, 4.69) is 25.8 Å². The van der Waals surface area contributed by atoms with E-state index in [1.54, 1.807) is 12.4 Å². The molecule has 0 saturated carbocycles. The zero-order valence-electron chi connectivity index (χ0n) is 10.8. The first kappa shape index (κ1) is 13.5. The van der Waals surface area contributed by atoms with Crippen LogP contribution in [0.1, 0.15) is 18.4 Å². The topological polar surface area (TPSA) is 45.6 Å². The Morgan fingerprint density at radius 3 is 3.26 bits per heavy atom. The number of rotatable bonds is 3. The number of aromatic nitrogens is 1. The van der Waals surface area contributed by atoms with Crippen molar-refractivity contribution in [2.75, 3.05) is 19.7 Å². The lowest BCUT2D eigenvalue weighted by Gasteiger charge is -2.37. The fourth-order valence-corrected chi connectivity index (χ4v) is 3.43. The SMILES string of the molecule is OC(Cc1cncc(Br)c1)C1CN2CCCC2CO1. The molecular weight excluding hydrogens is 308 g/mol. The molecule has 3 heterocycles. The molecule has 2 fully saturated rings. The van der Waals surface area contributed by atoms with Gasteiger partial charge in [0.15, 0.2) is 0 Å². The highest BCUT2D eigenvalue weighted by Crippen LogP contribution is 2.24. The molecule has 0 aliphatic carbocycles. The molecule has 3 unspecified atom stereocenters. The normalized spacial score (nSPS) is 29.2. The number of aliphatic hydroxyl groups excluding tert-OH is 1. The Kier molecular flexibility index (Phi) is 4.17. The van der Waals surface area contributed by atoms with Gasteiger partial charge in [-0.25, -0.2) is 0 Å². The summed E-state index contributed by atoms with van der Waals surface area (Å²) in [6, 6.07) is 2.58. The third-order valence-corrected chi connectivity index (χ3v) is 4.49. The number of nitrogens with zero attached hydrogens (tertiary/aromatic N) is 2. The van der Waals surface area contributed by atoms with E-state index in [1.165, 1.54) is 12.8 Å². The molecule has 0 aromatic carbocycles. The summed E-state index contributed by atoms with van der Waals surface area (Å²) in [5, 5.41) is 10.3. The van der Waals surface area contributed by atoms with Crippen molar-refractivity contribution in [2.24, 2.45) is 0 Å². The van der Waals surface area contributed by atoms with E-state index < -0.39 is 6.10 Å². The average molecular weight is 327 g/mol. The third kappa shape index (κ3) is 3.16. The first-order valence-corrected chi connectivity index (χ1v) is 7.65. The summed E-state index contributed by atoms with van der Waals surface area (Å²) < 4.78 is 6.78. The maximum absolute atomic E-state index is 10.3. The molecule has 0 amide bonds. The van der Waals surface area contributed by atoms with Crippen LogP contribution in [0.4, 0.5) is 0 Å². The number of pyridine rings is 1. The number of aliphatic hydroxyl groups is 1. The minimum Gasteiger partial charge on any atom is -0.390 e. The van der Waals surface area contributed by atoms with Gasteiger partial charge in [0.2, 0.25) is 0 Å². The van der Waals surface area contributed by atoms with Gasteiger partial charge < -0.3 is 9.84 Å². The van der Waals surface area contributed by atoms with Crippen LogP contribution in [0.3, 0.4) is 0 Å². The molecule has 3 rings (SSSR count). The lowest BCUT2D eigenvalue weighted by Crippen LogP contribution is -2.50. The third-order valence-electron chi connectivity index (χ3n) is 4.05. The van der Waals surface area contributed by atoms with Gasteiger partial charge in [-0.3, -0.25) is 9.88 Å². The number of halogens is 1. The van der Waals surface area contributed by atoms with Crippen molar-refractivity contribution in [1.29, 1.82) is 0 Å². The molecule has 2 aliphatic rings. The Balaban J connectivity index is 1.59. The minimum atomic E-state index is -0.461. The molecule has 0 bridgehead atoms. The van der Waals surface area contributed by atoms with Gasteiger partial charge in [0.1, 0.15) is 0 Å². The van der Waals surface area contributed by atoms with E-state index >= 15 is 0 Å².